The Hall–Kier alpha value is -1.99. The van der Waals surface area contributed by atoms with Gasteiger partial charge in [0.15, 0.2) is 5.69 Å². The lowest BCUT2D eigenvalue weighted by molar-refractivity contribution is -0.120. The molecule has 1 fully saturated rings. The van der Waals surface area contributed by atoms with E-state index in [1.807, 2.05) is 7.05 Å². The largest absolute Gasteiger partial charge is 0.448 e. The van der Waals surface area contributed by atoms with Gasteiger partial charge < -0.3 is 19.3 Å². The molecule has 0 radical (unpaired) electrons. The fourth-order valence-corrected chi connectivity index (χ4v) is 2.22. The minimum absolute atomic E-state index is 0.0341. The van der Waals surface area contributed by atoms with Crippen LogP contribution in [0, 0.1) is 0 Å². The number of Topliss-reactive ketones (excluding diaryl/α,β-unsaturated/α-hetero) is 1. The highest BCUT2D eigenvalue weighted by Crippen LogP contribution is 2.10. The standard InChI is InChI=1S/C15H21N3O4/c1-3-11(19)8-12(20)9-14-16-13(10-22-14)15(21)18-6-4-17(2)5-7-18/h3,10-11,19H,1,4-9H2,2H3. The third-order valence-corrected chi connectivity index (χ3v) is 3.62. The SMILES string of the molecule is C=CC(O)CC(=O)Cc1nc(C(=O)N2CCN(C)CC2)co1. The molecule has 1 unspecified atom stereocenters. The van der Waals surface area contributed by atoms with Gasteiger partial charge in [0.25, 0.3) is 5.91 Å². The molecule has 0 aliphatic carbocycles. The molecule has 1 aromatic rings. The van der Waals surface area contributed by atoms with Gasteiger partial charge in [-0.15, -0.1) is 6.58 Å². The number of carbonyl (C=O) groups is 2. The average Bonchev–Trinajstić information content (AvgIpc) is 2.95. The molecule has 1 aromatic heterocycles. The number of aliphatic hydroxyl groups excluding tert-OH is 1. The molecule has 1 saturated heterocycles. The Morgan fingerprint density at radius 1 is 1.45 bits per heavy atom. The number of piperazine rings is 1. The molecule has 1 N–H and O–H groups in total. The zero-order valence-electron chi connectivity index (χ0n) is 12.7. The van der Waals surface area contributed by atoms with E-state index in [0.29, 0.717) is 13.1 Å². The van der Waals surface area contributed by atoms with Crippen LogP contribution in [-0.4, -0.2) is 70.9 Å². The van der Waals surface area contributed by atoms with Crippen LogP contribution in [0.15, 0.2) is 23.3 Å². The molecule has 2 rings (SSSR count). The molecule has 1 aliphatic rings. The molecule has 2 heterocycles. The number of nitrogens with zero attached hydrogens (tertiary/aromatic N) is 3. The fraction of sp³-hybridized carbons (Fsp3) is 0.533. The van der Waals surface area contributed by atoms with Crippen LogP contribution in [0.5, 0.6) is 0 Å². The normalized spacial score (nSPS) is 17.3. The summed E-state index contributed by atoms with van der Waals surface area (Å²) in [6.45, 7) is 6.38. The van der Waals surface area contributed by atoms with E-state index < -0.39 is 6.10 Å². The lowest BCUT2D eigenvalue weighted by Gasteiger charge is -2.31. The zero-order chi connectivity index (χ0) is 16.1. The van der Waals surface area contributed by atoms with Crippen molar-refractivity contribution in [3.8, 4) is 0 Å². The highest BCUT2D eigenvalue weighted by molar-refractivity contribution is 5.92. The lowest BCUT2D eigenvalue weighted by Crippen LogP contribution is -2.47. The summed E-state index contributed by atoms with van der Waals surface area (Å²) in [5, 5.41) is 9.34. The average molecular weight is 307 g/mol. The number of oxazole rings is 1. The van der Waals surface area contributed by atoms with Crippen molar-refractivity contribution in [2.45, 2.75) is 18.9 Å². The molecule has 0 saturated carbocycles. The molecule has 1 aliphatic heterocycles. The van der Waals surface area contributed by atoms with Gasteiger partial charge in [0.1, 0.15) is 12.0 Å². The number of hydrogen-bond donors (Lipinski definition) is 1. The smallest absolute Gasteiger partial charge is 0.275 e. The second-order valence-electron chi connectivity index (χ2n) is 5.44. The van der Waals surface area contributed by atoms with E-state index in [-0.39, 0.29) is 36.1 Å². The van der Waals surface area contributed by atoms with Gasteiger partial charge >= 0.3 is 0 Å². The van der Waals surface area contributed by atoms with Crippen LogP contribution < -0.4 is 0 Å². The molecular weight excluding hydrogens is 286 g/mol. The number of carbonyl (C=O) groups excluding carboxylic acids is 2. The van der Waals surface area contributed by atoms with Crippen LogP contribution in [0.1, 0.15) is 22.8 Å². The molecule has 22 heavy (non-hydrogen) atoms. The monoisotopic (exact) mass is 307 g/mol. The van der Waals surface area contributed by atoms with Crippen molar-refractivity contribution < 1.29 is 19.1 Å². The summed E-state index contributed by atoms with van der Waals surface area (Å²) in [7, 11) is 2.01. The fourth-order valence-electron chi connectivity index (χ4n) is 2.22. The van der Waals surface area contributed by atoms with Gasteiger partial charge in [-0.2, -0.15) is 0 Å². The van der Waals surface area contributed by atoms with Gasteiger partial charge in [-0.3, -0.25) is 9.59 Å². The van der Waals surface area contributed by atoms with Crippen LogP contribution in [0.4, 0.5) is 0 Å². The van der Waals surface area contributed by atoms with E-state index >= 15 is 0 Å². The third-order valence-electron chi connectivity index (χ3n) is 3.62. The first-order valence-corrected chi connectivity index (χ1v) is 7.24. The quantitative estimate of drug-likeness (QED) is 0.751. The van der Waals surface area contributed by atoms with Gasteiger partial charge in [-0.25, -0.2) is 4.98 Å². The molecule has 1 atom stereocenters. The summed E-state index contributed by atoms with van der Waals surface area (Å²) in [4.78, 5) is 31.9. The van der Waals surface area contributed by atoms with Crippen LogP contribution in [0.2, 0.25) is 0 Å². The van der Waals surface area contributed by atoms with E-state index in [1.54, 1.807) is 4.90 Å². The van der Waals surface area contributed by atoms with Gasteiger partial charge in [0, 0.05) is 32.6 Å². The summed E-state index contributed by atoms with van der Waals surface area (Å²) in [6.07, 6.45) is 1.64. The Morgan fingerprint density at radius 3 is 2.77 bits per heavy atom. The maximum atomic E-state index is 12.3. The van der Waals surface area contributed by atoms with Crippen molar-refractivity contribution in [1.82, 2.24) is 14.8 Å². The molecule has 0 bridgehead atoms. The minimum atomic E-state index is -0.867. The highest BCUT2D eigenvalue weighted by atomic mass is 16.3. The Kier molecular flexibility index (Phi) is 5.46. The summed E-state index contributed by atoms with van der Waals surface area (Å²) >= 11 is 0. The molecule has 7 heteroatoms. The van der Waals surface area contributed by atoms with Crippen LogP contribution in [-0.2, 0) is 11.2 Å². The second kappa shape index (κ2) is 7.33. The maximum absolute atomic E-state index is 12.3. The first kappa shape index (κ1) is 16.4. The summed E-state index contributed by atoms with van der Waals surface area (Å²) in [5.74, 6) is -0.201. The highest BCUT2D eigenvalue weighted by Gasteiger charge is 2.23. The van der Waals surface area contributed by atoms with E-state index in [0.717, 1.165) is 13.1 Å². The van der Waals surface area contributed by atoms with Gasteiger partial charge in [-0.05, 0) is 7.05 Å². The lowest BCUT2D eigenvalue weighted by atomic mass is 10.1. The van der Waals surface area contributed by atoms with Crippen molar-refractivity contribution in [3.05, 3.63) is 30.5 Å². The topological polar surface area (TPSA) is 86.9 Å². The molecule has 1 amide bonds. The molecular formula is C15H21N3O4. The van der Waals surface area contributed by atoms with Crippen molar-refractivity contribution in [3.63, 3.8) is 0 Å². The van der Waals surface area contributed by atoms with Crippen LogP contribution in [0.25, 0.3) is 0 Å². The number of amides is 1. The van der Waals surface area contributed by atoms with E-state index in [1.165, 1.54) is 12.3 Å². The summed E-state index contributed by atoms with van der Waals surface area (Å²) in [6, 6.07) is 0. The number of hydrogen-bond acceptors (Lipinski definition) is 6. The Balaban J connectivity index is 1.92. The first-order chi connectivity index (χ1) is 10.5. The van der Waals surface area contributed by atoms with Crippen molar-refractivity contribution in [2.75, 3.05) is 33.2 Å². The predicted molar refractivity (Wildman–Crippen MR) is 79.4 cm³/mol. The van der Waals surface area contributed by atoms with Crippen molar-refractivity contribution >= 4 is 11.7 Å². The summed E-state index contributed by atoms with van der Waals surface area (Å²) in [5.41, 5.74) is 0.219. The number of likely N-dealkylation sites (N-methyl/N-ethyl adjacent to an activating group) is 1. The van der Waals surface area contributed by atoms with Gasteiger partial charge in [0.2, 0.25) is 5.89 Å². The molecule has 0 aromatic carbocycles. The Bertz CT molecular complexity index is 547. The molecule has 7 nitrogen and oxygen atoms in total. The number of ketones is 1. The first-order valence-electron chi connectivity index (χ1n) is 7.24. The van der Waals surface area contributed by atoms with E-state index in [9.17, 15) is 14.7 Å². The Labute approximate surface area is 129 Å². The van der Waals surface area contributed by atoms with Crippen LogP contribution in [0.3, 0.4) is 0 Å². The minimum Gasteiger partial charge on any atom is -0.448 e. The zero-order valence-corrected chi connectivity index (χ0v) is 12.7. The van der Waals surface area contributed by atoms with Crippen molar-refractivity contribution in [2.24, 2.45) is 0 Å². The van der Waals surface area contributed by atoms with E-state index in [4.69, 9.17) is 4.42 Å². The molecule has 120 valence electrons. The molecule has 0 spiro atoms. The third kappa shape index (κ3) is 4.25. The maximum Gasteiger partial charge on any atom is 0.275 e. The Morgan fingerprint density at radius 2 is 2.14 bits per heavy atom. The predicted octanol–water partition coefficient (Wildman–Crippen LogP) is 0.111. The van der Waals surface area contributed by atoms with Gasteiger partial charge in [-0.1, -0.05) is 6.08 Å². The number of aromatic nitrogens is 1. The summed E-state index contributed by atoms with van der Waals surface area (Å²) < 4.78 is 5.19. The van der Waals surface area contributed by atoms with Gasteiger partial charge in [0.05, 0.1) is 12.5 Å². The van der Waals surface area contributed by atoms with Crippen molar-refractivity contribution in [1.29, 1.82) is 0 Å². The number of aliphatic hydroxyl groups is 1. The number of rotatable bonds is 6. The second-order valence-corrected chi connectivity index (χ2v) is 5.44. The van der Waals surface area contributed by atoms with E-state index in [2.05, 4.69) is 16.5 Å². The van der Waals surface area contributed by atoms with Crippen LogP contribution >= 0.6 is 0 Å².